The number of hydrogen-bond acceptors (Lipinski definition) is 7. The van der Waals surface area contributed by atoms with Crippen LogP contribution in [-0.2, 0) is 35.3 Å². The highest BCUT2D eigenvalue weighted by Crippen LogP contribution is 2.27. The number of ether oxygens (including phenoxy) is 2. The smallest absolute Gasteiger partial charge is 0.331 e. The molecule has 0 unspecified atom stereocenters. The summed E-state index contributed by atoms with van der Waals surface area (Å²) in [5, 5.41) is 0. The van der Waals surface area contributed by atoms with Crippen molar-refractivity contribution in [2.45, 2.75) is 59.5 Å². The number of carbonyl (C=O) groups is 3. The number of carbonyl (C=O) groups excluding carboxylic acids is 3. The zero-order valence-corrected chi connectivity index (χ0v) is 16.4. The topological polar surface area (TPSA) is 117 Å². The molecule has 1 rings (SSSR count). The number of rotatable bonds is 7. The average Bonchev–Trinajstić information content (AvgIpc) is 2.62. The lowest BCUT2D eigenvalue weighted by molar-refractivity contribution is -0.186. The van der Waals surface area contributed by atoms with Crippen molar-refractivity contribution in [1.29, 1.82) is 0 Å². The summed E-state index contributed by atoms with van der Waals surface area (Å²) in [6, 6.07) is 9.15. The van der Waals surface area contributed by atoms with E-state index in [2.05, 4.69) is 4.84 Å². The molecule has 0 heterocycles. The molecule has 3 N–H and O–H groups in total. The maximum Gasteiger partial charge on any atom is 0.331 e. The van der Waals surface area contributed by atoms with E-state index >= 15 is 0 Å². The second-order valence-electron chi connectivity index (χ2n) is 7.18. The third-order valence-corrected chi connectivity index (χ3v) is 3.68. The second-order valence-corrected chi connectivity index (χ2v) is 7.18. The van der Waals surface area contributed by atoms with E-state index in [1.807, 2.05) is 35.8 Å². The van der Waals surface area contributed by atoms with Crippen LogP contribution < -0.4 is 11.2 Å². The van der Waals surface area contributed by atoms with E-state index in [1.54, 1.807) is 27.7 Å². The molecule has 8 nitrogen and oxygen atoms in total. The molecule has 27 heavy (non-hydrogen) atoms. The lowest BCUT2D eigenvalue weighted by atomic mass is 9.87. The van der Waals surface area contributed by atoms with Gasteiger partial charge < -0.3 is 20.0 Å². The van der Waals surface area contributed by atoms with E-state index in [0.717, 1.165) is 5.56 Å². The standard InChI is InChI=1S/C19H28N2O6/c1-6-14(22)27-21-16(23)19(5,17(24)26-18(2,3)4)15(20)25-12-13-10-8-7-9-11-13/h7-11,15H,6,12,20H2,1-5H3,(H,21,23)/t15-,19-/m1/s1. The van der Waals surface area contributed by atoms with Gasteiger partial charge in [0.25, 0.3) is 5.91 Å². The first-order chi connectivity index (χ1) is 12.5. The number of nitrogens with two attached hydrogens (primary N) is 1. The number of hydrogen-bond donors (Lipinski definition) is 2. The molecule has 0 bridgehead atoms. The van der Waals surface area contributed by atoms with E-state index in [4.69, 9.17) is 15.2 Å². The SMILES string of the molecule is CCC(=O)ONC(=O)[C@](C)(C(=O)OC(C)(C)C)[C@H](N)OCc1ccccc1. The van der Waals surface area contributed by atoms with Crippen molar-refractivity contribution in [1.82, 2.24) is 5.48 Å². The fourth-order valence-electron chi connectivity index (χ4n) is 1.93. The molecule has 0 aliphatic heterocycles. The van der Waals surface area contributed by atoms with Crippen LogP contribution in [0.3, 0.4) is 0 Å². The van der Waals surface area contributed by atoms with Crippen LogP contribution in [0.25, 0.3) is 0 Å². The number of amides is 1. The van der Waals surface area contributed by atoms with Crippen molar-refractivity contribution in [3.05, 3.63) is 35.9 Å². The third kappa shape index (κ3) is 6.65. The van der Waals surface area contributed by atoms with Crippen molar-refractivity contribution in [2.24, 2.45) is 11.1 Å². The van der Waals surface area contributed by atoms with Gasteiger partial charge in [-0.15, -0.1) is 0 Å². The second kappa shape index (κ2) is 9.48. The van der Waals surface area contributed by atoms with Crippen molar-refractivity contribution in [2.75, 3.05) is 0 Å². The van der Waals surface area contributed by atoms with E-state index in [9.17, 15) is 14.4 Å². The number of hydroxylamine groups is 1. The maximum atomic E-state index is 12.7. The van der Waals surface area contributed by atoms with Gasteiger partial charge in [-0.2, -0.15) is 5.48 Å². The van der Waals surface area contributed by atoms with Crippen molar-refractivity contribution >= 4 is 17.8 Å². The summed E-state index contributed by atoms with van der Waals surface area (Å²) in [5.41, 5.74) is 6.04. The van der Waals surface area contributed by atoms with Gasteiger partial charge in [0.2, 0.25) is 0 Å². The molecule has 1 aromatic carbocycles. The van der Waals surface area contributed by atoms with E-state index in [1.165, 1.54) is 6.92 Å². The van der Waals surface area contributed by atoms with Crippen molar-refractivity contribution in [3.8, 4) is 0 Å². The Balaban J connectivity index is 2.98. The lowest BCUT2D eigenvalue weighted by Crippen LogP contribution is -2.58. The van der Waals surface area contributed by atoms with Gasteiger partial charge in [-0.05, 0) is 33.3 Å². The van der Waals surface area contributed by atoms with E-state index in [0.29, 0.717) is 0 Å². The first kappa shape index (κ1) is 22.6. The predicted octanol–water partition coefficient (Wildman–Crippen LogP) is 1.82. The minimum Gasteiger partial charge on any atom is -0.459 e. The van der Waals surface area contributed by atoms with Crippen molar-refractivity contribution in [3.63, 3.8) is 0 Å². The van der Waals surface area contributed by atoms with Gasteiger partial charge in [0.15, 0.2) is 5.41 Å². The summed E-state index contributed by atoms with van der Waals surface area (Å²) in [7, 11) is 0. The predicted molar refractivity (Wildman–Crippen MR) is 97.7 cm³/mol. The average molecular weight is 380 g/mol. The van der Waals surface area contributed by atoms with Crippen LogP contribution in [-0.4, -0.2) is 29.7 Å². The number of esters is 1. The van der Waals surface area contributed by atoms with Gasteiger partial charge >= 0.3 is 11.9 Å². The monoisotopic (exact) mass is 380 g/mol. The number of nitrogens with one attached hydrogen (secondary N) is 1. The molecule has 0 saturated carbocycles. The molecule has 0 saturated heterocycles. The van der Waals surface area contributed by atoms with Gasteiger partial charge in [-0.25, -0.2) is 4.79 Å². The number of benzene rings is 1. The zero-order valence-electron chi connectivity index (χ0n) is 16.4. The summed E-state index contributed by atoms with van der Waals surface area (Å²) in [6.45, 7) is 7.93. The Hall–Kier alpha value is -2.45. The molecule has 150 valence electrons. The quantitative estimate of drug-likeness (QED) is 0.321. The van der Waals surface area contributed by atoms with Crippen LogP contribution in [0.15, 0.2) is 30.3 Å². The van der Waals surface area contributed by atoms with Crippen LogP contribution in [0.2, 0.25) is 0 Å². The molecule has 2 atom stereocenters. The molecule has 0 aromatic heterocycles. The normalized spacial score (nSPS) is 14.6. The largest absolute Gasteiger partial charge is 0.459 e. The molecule has 1 amide bonds. The minimum absolute atomic E-state index is 0.0555. The summed E-state index contributed by atoms with van der Waals surface area (Å²) in [6.07, 6.45) is -1.28. The van der Waals surface area contributed by atoms with Crippen LogP contribution in [0, 0.1) is 5.41 Å². The Morgan fingerprint density at radius 2 is 1.70 bits per heavy atom. The first-order valence-corrected chi connectivity index (χ1v) is 8.65. The summed E-state index contributed by atoms with van der Waals surface area (Å²) < 4.78 is 10.9. The molecule has 0 aliphatic carbocycles. The Morgan fingerprint density at radius 1 is 1.11 bits per heavy atom. The molecular weight excluding hydrogens is 352 g/mol. The van der Waals surface area contributed by atoms with E-state index in [-0.39, 0.29) is 13.0 Å². The van der Waals surface area contributed by atoms with Crippen LogP contribution in [0.5, 0.6) is 0 Å². The summed E-state index contributed by atoms with van der Waals surface area (Å²) in [5.74, 6) is -2.48. The molecule has 0 aliphatic rings. The highest BCUT2D eigenvalue weighted by Gasteiger charge is 2.51. The fraction of sp³-hybridized carbons (Fsp3) is 0.526. The zero-order chi connectivity index (χ0) is 20.7. The Labute approximate surface area is 159 Å². The highest BCUT2D eigenvalue weighted by atomic mass is 16.7. The summed E-state index contributed by atoms with van der Waals surface area (Å²) >= 11 is 0. The highest BCUT2D eigenvalue weighted by molar-refractivity contribution is 6.03. The Kier molecular flexibility index (Phi) is 7.93. The fourth-order valence-corrected chi connectivity index (χ4v) is 1.93. The lowest BCUT2D eigenvalue weighted by Gasteiger charge is -2.33. The molecule has 1 aromatic rings. The molecule has 0 radical (unpaired) electrons. The molecule has 0 fully saturated rings. The maximum absolute atomic E-state index is 12.7. The molecular formula is C19H28N2O6. The molecule has 0 spiro atoms. The third-order valence-electron chi connectivity index (χ3n) is 3.68. The van der Waals surface area contributed by atoms with Crippen LogP contribution >= 0.6 is 0 Å². The summed E-state index contributed by atoms with van der Waals surface area (Å²) in [4.78, 5) is 41.3. The molecule has 8 heteroatoms. The van der Waals surface area contributed by atoms with E-state index < -0.39 is 35.1 Å². The Bertz CT molecular complexity index is 656. The minimum atomic E-state index is -1.93. The van der Waals surface area contributed by atoms with Gasteiger partial charge in [0.05, 0.1) is 6.61 Å². The van der Waals surface area contributed by atoms with Gasteiger partial charge in [-0.3, -0.25) is 9.59 Å². The van der Waals surface area contributed by atoms with Gasteiger partial charge in [-0.1, -0.05) is 37.3 Å². The van der Waals surface area contributed by atoms with Crippen molar-refractivity contribution < 1.29 is 28.7 Å². The Morgan fingerprint density at radius 3 is 2.22 bits per heavy atom. The van der Waals surface area contributed by atoms with Gasteiger partial charge in [0.1, 0.15) is 11.8 Å². The van der Waals surface area contributed by atoms with Crippen LogP contribution in [0.1, 0.15) is 46.6 Å². The van der Waals surface area contributed by atoms with Gasteiger partial charge in [0, 0.05) is 6.42 Å². The first-order valence-electron chi connectivity index (χ1n) is 8.65. The van der Waals surface area contributed by atoms with Crippen LogP contribution in [0.4, 0.5) is 0 Å².